The average molecular weight is 205 g/mol. The van der Waals surface area contributed by atoms with Crippen molar-refractivity contribution in [3.05, 3.63) is 35.9 Å². The highest BCUT2D eigenvalue weighted by Gasteiger charge is 2.30. The molecule has 0 spiro atoms. The van der Waals surface area contributed by atoms with Crippen LogP contribution in [0.5, 0.6) is 0 Å². The maximum atomic E-state index is 4.74. The summed E-state index contributed by atoms with van der Waals surface area (Å²) in [4.78, 5) is 13.8. The lowest BCUT2D eigenvalue weighted by atomic mass is 10.1. The summed E-state index contributed by atoms with van der Waals surface area (Å²) >= 11 is 4.28. The molecule has 0 atom stereocenters. The standard InChI is InChI=1S/C10H7NO2S/c14-9-7(10-12-13-10)5-6-3-1-2-4-8(6)11-9/h1-5,10H,(H,11,14). The molecule has 0 unspecified atom stereocenters. The lowest BCUT2D eigenvalue weighted by molar-refractivity contribution is 0.0850. The van der Waals surface area contributed by atoms with Crippen LogP contribution >= 0.6 is 12.6 Å². The Balaban J connectivity index is 2.26. The fourth-order valence-corrected chi connectivity index (χ4v) is 1.70. The number of para-hydroxylation sites is 1. The van der Waals surface area contributed by atoms with Gasteiger partial charge in [0.2, 0.25) is 0 Å². The van der Waals surface area contributed by atoms with Gasteiger partial charge in [0.15, 0.2) is 0 Å². The highest BCUT2D eigenvalue weighted by molar-refractivity contribution is 7.80. The zero-order chi connectivity index (χ0) is 9.54. The normalized spacial score (nSPS) is 16.1. The van der Waals surface area contributed by atoms with Gasteiger partial charge in [-0.25, -0.2) is 4.98 Å². The fraction of sp³-hybridized carbons (Fsp3) is 0.100. The Morgan fingerprint density at radius 1 is 1.21 bits per heavy atom. The van der Waals surface area contributed by atoms with E-state index in [9.17, 15) is 0 Å². The molecule has 3 rings (SSSR count). The van der Waals surface area contributed by atoms with E-state index in [-0.39, 0.29) is 6.29 Å². The molecule has 0 aliphatic carbocycles. The average Bonchev–Trinajstić information content (AvgIpc) is 3.00. The van der Waals surface area contributed by atoms with Crippen LogP contribution in [0, 0.1) is 0 Å². The van der Waals surface area contributed by atoms with E-state index in [1.54, 1.807) is 0 Å². The van der Waals surface area contributed by atoms with Crippen LogP contribution in [-0.4, -0.2) is 4.98 Å². The zero-order valence-corrected chi connectivity index (χ0v) is 8.07. The van der Waals surface area contributed by atoms with Gasteiger partial charge in [-0.2, -0.15) is 9.78 Å². The van der Waals surface area contributed by atoms with E-state index < -0.39 is 0 Å². The minimum atomic E-state index is -0.278. The Hall–Kier alpha value is -1.10. The van der Waals surface area contributed by atoms with Crippen molar-refractivity contribution in [2.75, 3.05) is 0 Å². The third-order valence-electron chi connectivity index (χ3n) is 2.18. The molecule has 0 bridgehead atoms. The first-order valence-corrected chi connectivity index (χ1v) is 4.70. The van der Waals surface area contributed by atoms with Gasteiger partial charge in [0, 0.05) is 10.9 Å². The smallest absolute Gasteiger partial charge is 0.241 e. The zero-order valence-electron chi connectivity index (χ0n) is 7.18. The summed E-state index contributed by atoms with van der Waals surface area (Å²) in [5, 5.41) is 1.73. The molecule has 70 valence electrons. The minimum Gasteiger partial charge on any atom is -0.241 e. The molecule has 0 N–H and O–H groups in total. The van der Waals surface area contributed by atoms with Gasteiger partial charge in [-0.3, -0.25) is 0 Å². The number of hydrogen-bond donors (Lipinski definition) is 1. The number of thiol groups is 1. The summed E-state index contributed by atoms with van der Waals surface area (Å²) in [7, 11) is 0. The maximum Gasteiger partial charge on any atom is 0.252 e. The van der Waals surface area contributed by atoms with Gasteiger partial charge in [0.1, 0.15) is 5.03 Å². The SMILES string of the molecule is Sc1nc2ccccc2cc1C1OO1. The molecule has 1 aliphatic heterocycles. The summed E-state index contributed by atoms with van der Waals surface area (Å²) in [6, 6.07) is 9.87. The van der Waals surface area contributed by atoms with Crippen molar-refractivity contribution in [3.63, 3.8) is 0 Å². The predicted octanol–water partition coefficient (Wildman–Crippen LogP) is 2.48. The molecule has 2 aromatic rings. The largest absolute Gasteiger partial charge is 0.252 e. The number of pyridine rings is 1. The van der Waals surface area contributed by atoms with Crippen LogP contribution in [0.4, 0.5) is 0 Å². The monoisotopic (exact) mass is 205 g/mol. The van der Waals surface area contributed by atoms with Crippen LogP contribution in [0.3, 0.4) is 0 Å². The van der Waals surface area contributed by atoms with Gasteiger partial charge in [0.05, 0.1) is 5.52 Å². The second-order valence-electron chi connectivity index (χ2n) is 3.12. The lowest BCUT2D eigenvalue weighted by Gasteiger charge is -2.01. The highest BCUT2D eigenvalue weighted by atomic mass is 32.1. The van der Waals surface area contributed by atoms with Crippen molar-refractivity contribution in [1.82, 2.24) is 4.98 Å². The van der Waals surface area contributed by atoms with Crippen molar-refractivity contribution in [3.8, 4) is 0 Å². The van der Waals surface area contributed by atoms with Gasteiger partial charge in [-0.1, -0.05) is 18.2 Å². The minimum absolute atomic E-state index is 0.278. The van der Waals surface area contributed by atoms with E-state index >= 15 is 0 Å². The van der Waals surface area contributed by atoms with Gasteiger partial charge < -0.3 is 0 Å². The number of fused-ring (bicyclic) bond motifs is 1. The lowest BCUT2D eigenvalue weighted by Crippen LogP contribution is -1.88. The van der Waals surface area contributed by atoms with Crippen LogP contribution in [-0.2, 0) is 9.78 Å². The Bertz CT molecular complexity index is 496. The van der Waals surface area contributed by atoms with Crippen molar-refractivity contribution in [2.24, 2.45) is 0 Å². The second-order valence-corrected chi connectivity index (χ2v) is 3.54. The molecule has 3 nitrogen and oxygen atoms in total. The Morgan fingerprint density at radius 2 is 2.00 bits per heavy atom. The van der Waals surface area contributed by atoms with Crippen LogP contribution in [0.25, 0.3) is 10.9 Å². The molecule has 2 heterocycles. The van der Waals surface area contributed by atoms with E-state index in [4.69, 9.17) is 9.78 Å². The summed E-state index contributed by atoms with van der Waals surface area (Å²) < 4.78 is 0. The molecule has 14 heavy (non-hydrogen) atoms. The molecule has 1 aromatic heterocycles. The number of benzene rings is 1. The van der Waals surface area contributed by atoms with E-state index in [1.807, 2.05) is 30.3 Å². The fourth-order valence-electron chi connectivity index (χ4n) is 1.43. The number of rotatable bonds is 1. The molecule has 1 aliphatic rings. The van der Waals surface area contributed by atoms with Crippen LogP contribution in [0.15, 0.2) is 35.4 Å². The van der Waals surface area contributed by atoms with E-state index in [1.165, 1.54) is 0 Å². The molecular formula is C10H7NO2S. The van der Waals surface area contributed by atoms with Gasteiger partial charge in [-0.05, 0) is 12.1 Å². The summed E-state index contributed by atoms with van der Waals surface area (Å²) in [6.07, 6.45) is -0.278. The number of nitrogens with zero attached hydrogens (tertiary/aromatic N) is 1. The summed E-state index contributed by atoms with van der Waals surface area (Å²) in [6.45, 7) is 0. The van der Waals surface area contributed by atoms with Gasteiger partial charge >= 0.3 is 0 Å². The molecule has 0 saturated carbocycles. The summed E-state index contributed by atoms with van der Waals surface area (Å²) in [5.41, 5.74) is 1.81. The number of aromatic nitrogens is 1. The molecule has 0 amide bonds. The second kappa shape index (κ2) is 2.95. The Kier molecular flexibility index (Phi) is 1.73. The third-order valence-corrected chi connectivity index (χ3v) is 2.54. The molecule has 4 heteroatoms. The van der Waals surface area contributed by atoms with Crippen LogP contribution < -0.4 is 0 Å². The first kappa shape index (κ1) is 8.23. The Labute approximate surface area is 86.0 Å². The maximum absolute atomic E-state index is 4.74. The molecule has 1 aromatic carbocycles. The molecule has 1 saturated heterocycles. The van der Waals surface area contributed by atoms with Crippen molar-refractivity contribution in [2.45, 2.75) is 11.3 Å². The van der Waals surface area contributed by atoms with Crippen molar-refractivity contribution < 1.29 is 9.78 Å². The Morgan fingerprint density at radius 3 is 2.79 bits per heavy atom. The predicted molar refractivity (Wildman–Crippen MR) is 53.9 cm³/mol. The molecule has 1 fully saturated rings. The number of hydrogen-bond acceptors (Lipinski definition) is 4. The van der Waals surface area contributed by atoms with Crippen molar-refractivity contribution in [1.29, 1.82) is 0 Å². The topological polar surface area (TPSA) is 38.0 Å². The first-order chi connectivity index (χ1) is 6.84. The van der Waals surface area contributed by atoms with Crippen LogP contribution in [0.2, 0.25) is 0 Å². The van der Waals surface area contributed by atoms with Crippen molar-refractivity contribution >= 4 is 23.5 Å². The molecule has 0 radical (unpaired) electrons. The highest BCUT2D eigenvalue weighted by Crippen LogP contribution is 2.36. The van der Waals surface area contributed by atoms with Gasteiger partial charge in [-0.15, -0.1) is 12.6 Å². The van der Waals surface area contributed by atoms with Gasteiger partial charge in [0.25, 0.3) is 6.29 Å². The first-order valence-electron chi connectivity index (χ1n) is 4.25. The van der Waals surface area contributed by atoms with E-state index in [2.05, 4.69) is 17.6 Å². The van der Waals surface area contributed by atoms with E-state index in [0.29, 0.717) is 5.03 Å². The third kappa shape index (κ3) is 1.28. The molecular weight excluding hydrogens is 198 g/mol. The quantitative estimate of drug-likeness (QED) is 0.441. The van der Waals surface area contributed by atoms with Crippen LogP contribution in [0.1, 0.15) is 11.9 Å². The summed E-state index contributed by atoms with van der Waals surface area (Å²) in [5.74, 6) is 0. The van der Waals surface area contributed by atoms with E-state index in [0.717, 1.165) is 16.5 Å².